The highest BCUT2D eigenvalue weighted by molar-refractivity contribution is 6.68. The molecule has 0 aliphatic heterocycles. The van der Waals surface area contributed by atoms with Crippen LogP contribution in [0, 0.1) is 21.6 Å². The first-order valence-electron chi connectivity index (χ1n) is 23.2. The highest BCUT2D eigenvalue weighted by atomic mass is 35.6. The van der Waals surface area contributed by atoms with Crippen molar-refractivity contribution in [3.8, 4) is 45.0 Å². The molecule has 484 valence electrons. The summed E-state index contributed by atoms with van der Waals surface area (Å²) < 4.78 is 114. The Morgan fingerprint density at radius 1 is 0.422 bits per heavy atom. The van der Waals surface area contributed by atoms with Crippen molar-refractivity contribution in [3.05, 3.63) is 134 Å². The maximum atomic E-state index is 13.2. The summed E-state index contributed by atoms with van der Waals surface area (Å²) in [5.74, 6) is -10.6. The number of nitrogens with two attached hydrogens (primary N) is 4. The third-order valence-corrected chi connectivity index (χ3v) is 14.9. The first-order chi connectivity index (χ1) is 41.3. The fourth-order valence-electron chi connectivity index (χ4n) is 6.65. The lowest BCUT2D eigenvalue weighted by Gasteiger charge is -2.21. The Kier molecular flexibility index (Phi) is 25.6. The van der Waals surface area contributed by atoms with Crippen LogP contribution in [-0.4, -0.2) is 91.1 Å². The summed E-state index contributed by atoms with van der Waals surface area (Å²) in [6, 6.07) is 16.6. The van der Waals surface area contributed by atoms with Crippen LogP contribution in [0.15, 0.2) is 66.7 Å². The quantitative estimate of drug-likeness (QED) is 0.0340. The number of aromatic nitrogens is 12. The first kappa shape index (κ1) is 75.8. The van der Waals surface area contributed by atoms with Crippen molar-refractivity contribution >= 4 is 198 Å². The number of nitrogens with one attached hydrogen (secondary N) is 4. The summed E-state index contributed by atoms with van der Waals surface area (Å²) >= 11 is 88.1. The van der Waals surface area contributed by atoms with Gasteiger partial charge in [0, 0.05) is 27.3 Å². The minimum absolute atomic E-state index is 0.0417. The molecule has 0 saturated carbocycles. The molecule has 0 fully saturated rings. The number of anilines is 4. The molecule has 4 aromatic heterocycles. The zero-order valence-corrected chi connectivity index (χ0v) is 54.8. The topological polar surface area (TPSA) is 322 Å². The van der Waals surface area contributed by atoms with Gasteiger partial charge in [0.25, 0.3) is 0 Å². The van der Waals surface area contributed by atoms with Crippen LogP contribution in [0.25, 0.3) is 45.0 Å². The van der Waals surface area contributed by atoms with E-state index in [0.717, 1.165) is 4.68 Å². The van der Waals surface area contributed by atoms with Gasteiger partial charge in [-0.15, -0.1) is 0 Å². The second-order valence-corrected chi connectivity index (χ2v) is 26.0. The van der Waals surface area contributed by atoms with Gasteiger partial charge in [-0.3, -0.25) is 21.6 Å². The standard InChI is InChI=1S/C12H8Cl2F5N5.C12H9Cl2F4N5.C11H7Cl6N5.C11H8Cl5N5/c13-6-3-1-2-5(7(6)14)8-9(20)22-10(21)24(23-8)4-11(15,16)12(17,18)19;13-6-3-1-2-5(7(6)14)8-9(19)21-11(20)23(22-8)4-12(17,18)10(15)16;12-4-1-5(7(14)6(13)2-4)8-9(18)20-10(19)22(21-8)3-11(15,16)17;12-6-3-1-2-5(7(6)13)8-9(17)19-10(18)21(20-8)4-11(14,15)16/h1-3H,4H2,(H3,20,21,22);1-3,10H,4H2,(H3,19,20,21);1-2H,3H2,(H3,18,19,20);1-3H,4H2,(H3,17,18,19). The molecule has 0 aliphatic carbocycles. The Bertz CT molecular complexity index is 4220. The van der Waals surface area contributed by atoms with Gasteiger partial charge >= 0.3 is 24.4 Å². The van der Waals surface area contributed by atoms with Crippen LogP contribution < -0.4 is 45.0 Å². The van der Waals surface area contributed by atoms with E-state index >= 15 is 0 Å². The molecule has 0 unspecified atom stereocenters. The van der Waals surface area contributed by atoms with Gasteiger partial charge < -0.3 is 22.9 Å². The van der Waals surface area contributed by atoms with E-state index in [1.165, 1.54) is 53.2 Å². The smallest absolute Gasteiger partial charge is 0.382 e. The molecule has 4 aromatic carbocycles. The third-order valence-electron chi connectivity index (χ3n) is 10.7. The molecule has 8 aromatic rings. The summed E-state index contributed by atoms with van der Waals surface area (Å²) in [6.45, 7) is -3.69. The number of hydrogen-bond donors (Lipinski definition) is 8. The lowest BCUT2D eigenvalue weighted by molar-refractivity contribution is -0.287. The minimum Gasteiger partial charge on any atom is -0.382 e. The fraction of sp³-hybridized carbons (Fsp3) is 0.217. The lowest BCUT2D eigenvalue weighted by atomic mass is 10.1. The van der Waals surface area contributed by atoms with Gasteiger partial charge in [-0.1, -0.05) is 210 Å². The molecule has 90 heavy (non-hydrogen) atoms. The average Bonchev–Trinajstić information content (AvgIpc) is 1.55. The maximum absolute atomic E-state index is 13.2. The predicted octanol–water partition coefficient (Wildman–Crippen LogP) is 14.7. The van der Waals surface area contributed by atoms with Gasteiger partial charge in [-0.2, -0.15) is 71.1 Å². The molecule has 0 atom stereocenters. The number of benzene rings is 4. The fourth-order valence-corrected chi connectivity index (χ4v) is 9.19. The Hall–Kier alpha value is -4.96. The largest absolute Gasteiger partial charge is 0.455 e. The van der Waals surface area contributed by atoms with Crippen molar-refractivity contribution in [1.29, 1.82) is 21.6 Å². The van der Waals surface area contributed by atoms with Crippen molar-refractivity contribution < 1.29 is 39.5 Å². The maximum Gasteiger partial charge on any atom is 0.455 e. The SMILES string of the molecule is N=c1nc(N)c(-c2cccc(Cl)c2Cl)nn1CC(F)(F)C(F)F.N=c1nc(N)n(CC(Cl)(Cl)Cl)nc1-c1cc(Cl)cc(Cl)c1Cl.N=c1nc(N)n(CC(Cl)(Cl)Cl)nc1-c1cccc(Cl)c1Cl.N=c1nc(N)n(CC(F)(F)C(F)(F)F)nc1-c1cccc(Cl)c1Cl. The zero-order chi connectivity index (χ0) is 68.1. The van der Waals surface area contributed by atoms with E-state index < -0.39 is 62.2 Å². The second kappa shape index (κ2) is 30.4. The summed E-state index contributed by atoms with van der Waals surface area (Å²) in [6.07, 6.45) is -9.70. The van der Waals surface area contributed by atoms with Crippen LogP contribution in [0.5, 0.6) is 0 Å². The van der Waals surface area contributed by atoms with Crippen LogP contribution in [0.3, 0.4) is 0 Å². The Labute approximate surface area is 573 Å². The lowest BCUT2D eigenvalue weighted by Crippen LogP contribution is -2.42. The molecule has 0 bridgehead atoms. The van der Waals surface area contributed by atoms with Crippen molar-refractivity contribution in [2.24, 2.45) is 0 Å². The van der Waals surface area contributed by atoms with Gasteiger partial charge in [-0.25, -0.2) is 27.5 Å². The molecule has 0 amide bonds. The highest BCUT2D eigenvalue weighted by Gasteiger charge is 2.58. The van der Waals surface area contributed by atoms with E-state index in [1.54, 1.807) is 18.2 Å². The van der Waals surface area contributed by atoms with Crippen molar-refractivity contribution in [2.75, 3.05) is 22.9 Å². The molecule has 0 radical (unpaired) electrons. The molecular weight excluding hydrogens is 1540 g/mol. The first-order valence-corrected chi connectivity index (χ1v) is 28.9. The molecular formula is C46H32Cl15F9N20. The van der Waals surface area contributed by atoms with Crippen molar-refractivity contribution in [1.82, 2.24) is 59.1 Å². The Morgan fingerprint density at radius 3 is 1.11 bits per heavy atom. The minimum atomic E-state index is -5.79. The summed E-state index contributed by atoms with van der Waals surface area (Å²) in [4.78, 5) is 14.7. The number of hydrogen-bond acceptors (Lipinski definition) is 16. The predicted molar refractivity (Wildman–Crippen MR) is 331 cm³/mol. The zero-order valence-electron chi connectivity index (χ0n) is 43.5. The molecule has 12 N–H and O–H groups in total. The van der Waals surface area contributed by atoms with Gasteiger partial charge in [0.15, 0.2) is 22.3 Å². The van der Waals surface area contributed by atoms with E-state index in [-0.39, 0.29) is 116 Å². The van der Waals surface area contributed by atoms with Gasteiger partial charge in [0.1, 0.15) is 35.9 Å². The van der Waals surface area contributed by atoms with E-state index in [1.807, 2.05) is 0 Å². The Balaban J connectivity index is 0.000000218. The Morgan fingerprint density at radius 2 is 0.756 bits per heavy atom. The van der Waals surface area contributed by atoms with Gasteiger partial charge in [0.05, 0.1) is 53.3 Å². The monoisotopic (exact) mass is 1560 g/mol. The van der Waals surface area contributed by atoms with Crippen LogP contribution in [0.1, 0.15) is 0 Å². The molecule has 20 nitrogen and oxygen atoms in total. The summed E-state index contributed by atoms with van der Waals surface area (Å²) in [7, 11) is 0. The number of nitrogen functional groups attached to an aromatic ring is 4. The number of halogens is 24. The summed E-state index contributed by atoms with van der Waals surface area (Å²) in [5, 5.41) is 48.1. The molecule has 0 spiro atoms. The molecule has 0 saturated heterocycles. The van der Waals surface area contributed by atoms with Crippen LogP contribution >= 0.6 is 174 Å². The van der Waals surface area contributed by atoms with Gasteiger partial charge in [-0.05, 0) is 30.3 Å². The third kappa shape index (κ3) is 19.8. The van der Waals surface area contributed by atoms with E-state index in [4.69, 9.17) is 219 Å². The molecule has 8 rings (SSSR count). The van der Waals surface area contributed by atoms with E-state index in [0.29, 0.717) is 25.9 Å². The van der Waals surface area contributed by atoms with Crippen molar-refractivity contribution in [2.45, 2.75) is 58.2 Å². The van der Waals surface area contributed by atoms with Crippen LogP contribution in [0.2, 0.25) is 45.2 Å². The number of rotatable bonds is 11. The molecule has 44 heteroatoms. The van der Waals surface area contributed by atoms with Crippen LogP contribution in [-0.2, 0) is 26.2 Å². The summed E-state index contributed by atoms with van der Waals surface area (Å²) in [5.41, 5.74) is 21.4. The van der Waals surface area contributed by atoms with Gasteiger partial charge in [0.2, 0.25) is 31.0 Å². The van der Waals surface area contributed by atoms with Crippen LogP contribution in [0.4, 0.5) is 63.2 Å². The molecule has 0 aliphatic rings. The number of alkyl halides is 15. The van der Waals surface area contributed by atoms with E-state index in [2.05, 4.69) is 40.3 Å². The highest BCUT2D eigenvalue weighted by Crippen LogP contribution is 2.40. The normalized spacial score (nSPS) is 12.0. The average molecular weight is 1570 g/mol. The van der Waals surface area contributed by atoms with E-state index in [9.17, 15) is 39.5 Å². The second-order valence-electron chi connectivity index (χ2n) is 17.3. The van der Waals surface area contributed by atoms with Crippen molar-refractivity contribution in [3.63, 3.8) is 0 Å². The number of nitrogens with zero attached hydrogens (tertiary/aromatic N) is 12. The molecule has 4 heterocycles.